The summed E-state index contributed by atoms with van der Waals surface area (Å²) in [5.41, 5.74) is 2.91. The van der Waals surface area contributed by atoms with Crippen molar-refractivity contribution < 1.29 is 19.1 Å². The van der Waals surface area contributed by atoms with Crippen molar-refractivity contribution in [3.8, 4) is 11.5 Å². The Morgan fingerprint density at radius 3 is 2.12 bits per heavy atom. The van der Waals surface area contributed by atoms with Crippen LogP contribution in [0.5, 0.6) is 11.5 Å². The van der Waals surface area contributed by atoms with Crippen LogP contribution >= 0.6 is 0 Å². The number of anilines is 1. The van der Waals surface area contributed by atoms with Crippen LogP contribution in [0.2, 0.25) is 0 Å². The molecule has 0 bridgehead atoms. The molecule has 1 atom stereocenters. The van der Waals surface area contributed by atoms with Crippen LogP contribution in [0, 0.1) is 0 Å². The number of nitrogens with one attached hydrogen (secondary N) is 1. The molecule has 3 aromatic carbocycles. The molecule has 6 nitrogen and oxygen atoms in total. The van der Waals surface area contributed by atoms with Gasteiger partial charge in [0.15, 0.2) is 11.5 Å². The number of benzene rings is 3. The molecule has 0 aromatic heterocycles. The lowest BCUT2D eigenvalue weighted by molar-refractivity contribution is -0.122. The van der Waals surface area contributed by atoms with Gasteiger partial charge in [-0.2, -0.15) is 0 Å². The first-order valence-electron chi connectivity index (χ1n) is 11.0. The number of nitrogens with zero attached hydrogens (tertiary/aromatic N) is 1. The number of carbonyl (C=O) groups is 2. The molecule has 4 rings (SSSR count). The van der Waals surface area contributed by atoms with Crippen LogP contribution < -0.4 is 19.7 Å². The average Bonchev–Trinajstić information content (AvgIpc) is 3.22. The van der Waals surface area contributed by atoms with Crippen LogP contribution in [0.25, 0.3) is 0 Å². The number of hydrogen-bond acceptors (Lipinski definition) is 4. The van der Waals surface area contributed by atoms with Gasteiger partial charge in [-0.15, -0.1) is 0 Å². The molecule has 1 saturated heterocycles. The Hall–Kier alpha value is -3.80. The van der Waals surface area contributed by atoms with Gasteiger partial charge in [0.25, 0.3) is 0 Å². The van der Waals surface area contributed by atoms with Crippen LogP contribution in [0.1, 0.15) is 29.9 Å². The van der Waals surface area contributed by atoms with Gasteiger partial charge in [0.2, 0.25) is 11.8 Å². The van der Waals surface area contributed by atoms with Crippen molar-refractivity contribution in [2.45, 2.75) is 24.8 Å². The molecule has 33 heavy (non-hydrogen) atoms. The van der Waals surface area contributed by atoms with Gasteiger partial charge in [0.1, 0.15) is 0 Å². The summed E-state index contributed by atoms with van der Waals surface area (Å²) in [6.45, 7) is 0.418. The van der Waals surface area contributed by atoms with Gasteiger partial charge < -0.3 is 19.7 Å². The molecule has 6 heteroatoms. The van der Waals surface area contributed by atoms with E-state index in [0.717, 1.165) is 16.8 Å². The SMILES string of the molecule is COc1ccc(N2CC(NC(=O)CC(c3ccccc3)c3ccccc3)CC2=O)cc1OC. The first-order chi connectivity index (χ1) is 16.1. The van der Waals surface area contributed by atoms with Gasteiger partial charge in [0, 0.05) is 37.1 Å². The largest absolute Gasteiger partial charge is 0.493 e. The number of carbonyl (C=O) groups excluding carboxylic acids is 2. The van der Waals surface area contributed by atoms with Gasteiger partial charge in [-0.3, -0.25) is 9.59 Å². The van der Waals surface area contributed by atoms with Gasteiger partial charge in [0.05, 0.1) is 20.3 Å². The third-order valence-corrected chi connectivity index (χ3v) is 5.96. The summed E-state index contributed by atoms with van der Waals surface area (Å²) in [4.78, 5) is 27.4. The molecule has 1 aliphatic rings. The van der Waals surface area contributed by atoms with Crippen LogP contribution in [-0.4, -0.2) is 38.6 Å². The van der Waals surface area contributed by atoms with Crippen LogP contribution in [0.3, 0.4) is 0 Å². The molecule has 0 radical (unpaired) electrons. The maximum Gasteiger partial charge on any atom is 0.229 e. The second-order valence-corrected chi connectivity index (χ2v) is 8.09. The third-order valence-electron chi connectivity index (χ3n) is 5.96. The second kappa shape index (κ2) is 10.2. The first kappa shape index (κ1) is 22.4. The number of rotatable bonds is 8. The normalized spacial score (nSPS) is 15.5. The topological polar surface area (TPSA) is 67.9 Å². The van der Waals surface area contributed by atoms with Crippen molar-refractivity contribution in [3.05, 3.63) is 90.0 Å². The van der Waals surface area contributed by atoms with Crippen LogP contribution in [-0.2, 0) is 9.59 Å². The minimum absolute atomic E-state index is 0.0322. The first-order valence-corrected chi connectivity index (χ1v) is 11.0. The van der Waals surface area contributed by atoms with Crippen molar-refractivity contribution in [3.63, 3.8) is 0 Å². The third kappa shape index (κ3) is 5.17. The number of hydrogen-bond donors (Lipinski definition) is 1. The molecule has 1 unspecified atom stereocenters. The number of ether oxygens (including phenoxy) is 2. The Morgan fingerprint density at radius 2 is 1.55 bits per heavy atom. The molecule has 1 heterocycles. The monoisotopic (exact) mass is 444 g/mol. The zero-order valence-corrected chi connectivity index (χ0v) is 18.9. The Morgan fingerprint density at radius 1 is 0.939 bits per heavy atom. The fraction of sp³-hybridized carbons (Fsp3) is 0.259. The summed E-state index contributed by atoms with van der Waals surface area (Å²) in [7, 11) is 3.13. The van der Waals surface area contributed by atoms with E-state index in [1.165, 1.54) is 0 Å². The van der Waals surface area contributed by atoms with E-state index < -0.39 is 0 Å². The fourth-order valence-corrected chi connectivity index (χ4v) is 4.32. The predicted octanol–water partition coefficient (Wildman–Crippen LogP) is 4.15. The quantitative estimate of drug-likeness (QED) is 0.567. The van der Waals surface area contributed by atoms with E-state index in [4.69, 9.17) is 9.47 Å². The van der Waals surface area contributed by atoms with Crippen LogP contribution in [0.15, 0.2) is 78.9 Å². The fourth-order valence-electron chi connectivity index (χ4n) is 4.32. The standard InChI is InChI=1S/C27H28N2O4/c1-32-24-14-13-22(16-25(24)33-2)29-18-21(15-27(29)31)28-26(30)17-23(19-9-5-3-6-10-19)20-11-7-4-8-12-20/h3-14,16,21,23H,15,17-18H2,1-2H3,(H,28,30). The maximum atomic E-state index is 13.0. The summed E-state index contributed by atoms with van der Waals surface area (Å²) < 4.78 is 10.6. The molecule has 1 fully saturated rings. The Kier molecular flexibility index (Phi) is 6.93. The molecular weight excluding hydrogens is 416 g/mol. The summed E-state index contributed by atoms with van der Waals surface area (Å²) in [5.74, 6) is 1.01. The molecule has 0 spiro atoms. The Bertz CT molecular complexity index is 1060. The van der Waals surface area contributed by atoms with E-state index in [1.807, 2.05) is 66.7 Å². The van der Waals surface area contributed by atoms with E-state index in [-0.39, 0.29) is 30.2 Å². The highest BCUT2D eigenvalue weighted by Gasteiger charge is 2.32. The minimum Gasteiger partial charge on any atom is -0.493 e. The number of methoxy groups -OCH3 is 2. The zero-order chi connectivity index (χ0) is 23.2. The van der Waals surface area contributed by atoms with E-state index >= 15 is 0 Å². The van der Waals surface area contributed by atoms with Gasteiger partial charge >= 0.3 is 0 Å². The molecular formula is C27H28N2O4. The van der Waals surface area contributed by atoms with Crippen molar-refractivity contribution in [1.82, 2.24) is 5.32 Å². The molecule has 2 amide bonds. The predicted molar refractivity (Wildman–Crippen MR) is 128 cm³/mol. The highest BCUT2D eigenvalue weighted by molar-refractivity contribution is 5.97. The summed E-state index contributed by atoms with van der Waals surface area (Å²) >= 11 is 0. The van der Waals surface area contributed by atoms with E-state index in [2.05, 4.69) is 5.32 Å². The Labute approximate surface area is 194 Å². The highest BCUT2D eigenvalue weighted by atomic mass is 16.5. The van der Waals surface area contributed by atoms with Gasteiger partial charge in [-0.1, -0.05) is 60.7 Å². The van der Waals surface area contributed by atoms with Gasteiger partial charge in [-0.05, 0) is 23.3 Å². The van der Waals surface area contributed by atoms with Crippen molar-refractivity contribution in [1.29, 1.82) is 0 Å². The van der Waals surface area contributed by atoms with E-state index in [1.54, 1.807) is 31.3 Å². The Balaban J connectivity index is 1.45. The summed E-state index contributed by atoms with van der Waals surface area (Å²) in [6.07, 6.45) is 0.580. The van der Waals surface area contributed by atoms with Gasteiger partial charge in [-0.25, -0.2) is 0 Å². The summed E-state index contributed by atoms with van der Waals surface area (Å²) in [6, 6.07) is 25.2. The maximum absolute atomic E-state index is 13.0. The lowest BCUT2D eigenvalue weighted by Crippen LogP contribution is -2.37. The lowest BCUT2D eigenvalue weighted by atomic mass is 9.88. The molecule has 1 N–H and O–H groups in total. The van der Waals surface area contributed by atoms with E-state index in [0.29, 0.717) is 24.5 Å². The molecule has 170 valence electrons. The smallest absolute Gasteiger partial charge is 0.229 e. The second-order valence-electron chi connectivity index (χ2n) is 8.09. The molecule has 1 aliphatic heterocycles. The minimum atomic E-state index is -0.245. The molecule has 0 aliphatic carbocycles. The molecule has 0 saturated carbocycles. The highest BCUT2D eigenvalue weighted by Crippen LogP contribution is 2.33. The van der Waals surface area contributed by atoms with Crippen molar-refractivity contribution >= 4 is 17.5 Å². The number of amides is 2. The zero-order valence-electron chi connectivity index (χ0n) is 18.9. The molecule has 3 aromatic rings. The van der Waals surface area contributed by atoms with Crippen molar-refractivity contribution in [2.75, 3.05) is 25.7 Å². The average molecular weight is 445 g/mol. The lowest BCUT2D eigenvalue weighted by Gasteiger charge is -2.21. The van der Waals surface area contributed by atoms with Crippen molar-refractivity contribution in [2.24, 2.45) is 0 Å². The summed E-state index contributed by atoms with van der Waals surface area (Å²) in [5, 5.41) is 3.07. The van der Waals surface area contributed by atoms with E-state index in [9.17, 15) is 9.59 Å². The van der Waals surface area contributed by atoms with Crippen LogP contribution in [0.4, 0.5) is 5.69 Å².